The van der Waals surface area contributed by atoms with Crippen LogP contribution in [-0.2, 0) is 14.8 Å². The Morgan fingerprint density at radius 1 is 1.03 bits per heavy atom. The molecule has 1 N–H and O–H groups in total. The lowest BCUT2D eigenvalue weighted by molar-refractivity contribution is -0.119. The maximum absolute atomic E-state index is 13.5. The summed E-state index contributed by atoms with van der Waals surface area (Å²) < 4.78 is 34.0. The van der Waals surface area contributed by atoms with E-state index in [2.05, 4.69) is 10.5 Å². The molecule has 0 atom stereocenters. The molecule has 4 rings (SSSR count). The molecule has 188 valence electrons. The average Bonchev–Trinajstić information content (AvgIpc) is 2.81. The number of anilines is 1. The third-order valence-corrected chi connectivity index (χ3v) is 8.70. The molecule has 0 unspecified atom stereocenters. The van der Waals surface area contributed by atoms with Crippen molar-refractivity contribution in [2.45, 2.75) is 31.8 Å². The second-order valence-electron chi connectivity index (χ2n) is 8.75. The fourth-order valence-electron chi connectivity index (χ4n) is 3.67. The first-order valence-corrected chi connectivity index (χ1v) is 14.1. The summed E-state index contributed by atoms with van der Waals surface area (Å²) in [6, 6.07) is 19.4. The molecule has 3 aromatic rings. The molecule has 1 heterocycles. The maximum Gasteiger partial charge on any atom is 0.264 e. The van der Waals surface area contributed by atoms with Crippen LogP contribution in [0.1, 0.15) is 22.3 Å². The van der Waals surface area contributed by atoms with Crippen molar-refractivity contribution >= 4 is 39.6 Å². The first kappa shape index (κ1) is 25.8. The van der Waals surface area contributed by atoms with Gasteiger partial charge in [-0.05, 0) is 74.4 Å². The summed E-state index contributed by atoms with van der Waals surface area (Å²) in [4.78, 5) is 12.9. The Morgan fingerprint density at radius 2 is 1.69 bits per heavy atom. The van der Waals surface area contributed by atoms with Gasteiger partial charge in [-0.15, -0.1) is 0 Å². The molecule has 9 heteroatoms. The second-order valence-corrected chi connectivity index (χ2v) is 11.7. The molecule has 1 saturated heterocycles. The maximum atomic E-state index is 13.5. The van der Waals surface area contributed by atoms with Crippen LogP contribution in [0.4, 0.5) is 5.69 Å². The fraction of sp³-hybridized carbons (Fsp3) is 0.259. The first-order valence-electron chi connectivity index (χ1n) is 11.6. The smallest absolute Gasteiger partial charge is 0.264 e. The number of hydrogen-bond acceptors (Lipinski definition) is 6. The highest BCUT2D eigenvalue weighted by Crippen LogP contribution is 2.28. The van der Waals surface area contributed by atoms with Gasteiger partial charge in [-0.1, -0.05) is 35.4 Å². The molecule has 3 aromatic carbocycles. The molecule has 0 aliphatic carbocycles. The van der Waals surface area contributed by atoms with E-state index in [-0.39, 0.29) is 11.0 Å². The van der Waals surface area contributed by atoms with Crippen LogP contribution in [0.3, 0.4) is 0 Å². The third-order valence-electron chi connectivity index (χ3n) is 5.71. The molecule has 1 aliphatic rings. The largest absolute Gasteiger partial charge is 0.489 e. The van der Waals surface area contributed by atoms with Crippen molar-refractivity contribution in [2.24, 2.45) is 5.10 Å². The summed E-state index contributed by atoms with van der Waals surface area (Å²) in [5.74, 6) is 2.26. The summed E-state index contributed by atoms with van der Waals surface area (Å²) in [5.41, 5.74) is 6.38. The van der Waals surface area contributed by atoms with Crippen LogP contribution in [0.5, 0.6) is 5.75 Å². The molecule has 0 radical (unpaired) electrons. The Labute approximate surface area is 216 Å². The molecule has 7 nitrogen and oxygen atoms in total. The molecule has 1 aliphatic heterocycles. The molecule has 0 aromatic heterocycles. The van der Waals surface area contributed by atoms with Gasteiger partial charge in [0.05, 0.1) is 16.8 Å². The van der Waals surface area contributed by atoms with Crippen molar-refractivity contribution in [1.29, 1.82) is 0 Å². The van der Waals surface area contributed by atoms with E-state index < -0.39 is 22.5 Å². The second kappa shape index (κ2) is 11.2. The van der Waals surface area contributed by atoms with E-state index in [0.717, 1.165) is 43.8 Å². The fourth-order valence-corrected chi connectivity index (χ4v) is 5.72. The Bertz CT molecular complexity index is 1350. The van der Waals surface area contributed by atoms with Crippen LogP contribution in [0.15, 0.2) is 76.7 Å². The lowest BCUT2D eigenvalue weighted by Crippen LogP contribution is -2.40. The molecule has 1 amide bonds. The Balaban J connectivity index is 1.48. The lowest BCUT2D eigenvalue weighted by atomic mass is 10.1. The van der Waals surface area contributed by atoms with Gasteiger partial charge in [0.15, 0.2) is 0 Å². The number of sulfonamides is 1. The van der Waals surface area contributed by atoms with Crippen molar-refractivity contribution in [3.05, 3.63) is 89.0 Å². The molecular formula is C27H29N3O4S2. The van der Waals surface area contributed by atoms with Crippen molar-refractivity contribution in [2.75, 3.05) is 22.4 Å². The molecule has 1 fully saturated rings. The quantitative estimate of drug-likeness (QED) is 0.331. The van der Waals surface area contributed by atoms with Gasteiger partial charge in [0.2, 0.25) is 0 Å². The summed E-state index contributed by atoms with van der Waals surface area (Å²) in [6.07, 6.45) is 1.78. The predicted octanol–water partition coefficient (Wildman–Crippen LogP) is 4.45. The summed E-state index contributed by atoms with van der Waals surface area (Å²) in [5, 5.41) is 4.02. The van der Waals surface area contributed by atoms with Gasteiger partial charge in [0, 0.05) is 11.5 Å². The average molecular weight is 524 g/mol. The van der Waals surface area contributed by atoms with Gasteiger partial charge in [0.25, 0.3) is 15.9 Å². The van der Waals surface area contributed by atoms with Gasteiger partial charge in [0.1, 0.15) is 18.4 Å². The minimum Gasteiger partial charge on any atom is -0.489 e. The van der Waals surface area contributed by atoms with E-state index in [9.17, 15) is 13.2 Å². The number of hydrogen-bond donors (Lipinski definition) is 1. The Hall–Kier alpha value is -3.30. The zero-order valence-corrected chi connectivity index (χ0v) is 22.1. The number of nitrogens with one attached hydrogen (secondary N) is 1. The van der Waals surface area contributed by atoms with Gasteiger partial charge in [-0.3, -0.25) is 9.10 Å². The van der Waals surface area contributed by atoms with Crippen LogP contribution >= 0.6 is 11.8 Å². The number of ether oxygens (including phenoxy) is 1. The Kier molecular flexibility index (Phi) is 8.01. The van der Waals surface area contributed by atoms with E-state index >= 15 is 0 Å². The van der Waals surface area contributed by atoms with Crippen molar-refractivity contribution in [1.82, 2.24) is 5.43 Å². The minimum atomic E-state index is -3.99. The van der Waals surface area contributed by atoms with Gasteiger partial charge in [-0.25, -0.2) is 13.8 Å². The standard InChI is InChI=1S/C27H29N3O4S2/c1-19-4-11-25(12-5-19)36(32,33)30(26-13-6-20(2)14-21(26)3)16-27(31)29-28-15-22-7-9-23(10-8-22)34-24-17-35-18-24/h4-15,24H,16-18H2,1-3H3,(H,29,31)/b28-15+. The molecular weight excluding hydrogens is 494 g/mol. The SMILES string of the molecule is Cc1ccc(S(=O)(=O)N(CC(=O)N/N=C/c2ccc(OC3CSC3)cc2)c2ccc(C)cc2C)cc1. The van der Waals surface area contributed by atoms with Crippen LogP contribution in [0.2, 0.25) is 0 Å². The molecule has 0 bridgehead atoms. The van der Waals surface area contributed by atoms with Crippen LogP contribution in [0.25, 0.3) is 0 Å². The number of aryl methyl sites for hydroxylation is 3. The number of carbonyl (C=O) groups excluding carboxylic acids is 1. The van der Waals surface area contributed by atoms with Crippen molar-refractivity contribution in [3.63, 3.8) is 0 Å². The van der Waals surface area contributed by atoms with E-state index in [1.165, 1.54) is 6.21 Å². The van der Waals surface area contributed by atoms with Crippen molar-refractivity contribution in [3.8, 4) is 5.75 Å². The number of nitrogens with zero attached hydrogens (tertiary/aromatic N) is 2. The number of amides is 1. The lowest BCUT2D eigenvalue weighted by Gasteiger charge is -2.25. The van der Waals surface area contributed by atoms with Crippen molar-refractivity contribution < 1.29 is 17.9 Å². The van der Waals surface area contributed by atoms with E-state index in [1.54, 1.807) is 30.3 Å². The third kappa shape index (κ3) is 6.27. The van der Waals surface area contributed by atoms with E-state index in [0.29, 0.717) is 5.69 Å². The minimum absolute atomic E-state index is 0.118. The Morgan fingerprint density at radius 3 is 2.31 bits per heavy atom. The number of rotatable bonds is 9. The summed E-state index contributed by atoms with van der Waals surface area (Å²) >= 11 is 1.86. The van der Waals surface area contributed by atoms with Crippen LogP contribution in [0, 0.1) is 20.8 Å². The van der Waals surface area contributed by atoms with Gasteiger partial charge < -0.3 is 4.74 Å². The van der Waals surface area contributed by atoms with E-state index in [1.807, 2.05) is 68.9 Å². The molecule has 0 spiro atoms. The molecule has 36 heavy (non-hydrogen) atoms. The van der Waals surface area contributed by atoms with E-state index in [4.69, 9.17) is 4.74 Å². The highest BCUT2D eigenvalue weighted by atomic mass is 32.2. The molecule has 0 saturated carbocycles. The number of thioether (sulfide) groups is 1. The van der Waals surface area contributed by atoms with Gasteiger partial charge in [-0.2, -0.15) is 16.9 Å². The number of benzene rings is 3. The monoisotopic (exact) mass is 523 g/mol. The number of carbonyl (C=O) groups is 1. The highest BCUT2D eigenvalue weighted by molar-refractivity contribution is 8.00. The zero-order chi connectivity index (χ0) is 25.7. The predicted molar refractivity (Wildman–Crippen MR) is 146 cm³/mol. The van der Waals surface area contributed by atoms with Gasteiger partial charge >= 0.3 is 0 Å². The first-order chi connectivity index (χ1) is 17.2. The van der Waals surface area contributed by atoms with Crippen LogP contribution in [-0.4, -0.2) is 44.7 Å². The summed E-state index contributed by atoms with van der Waals surface area (Å²) in [6.45, 7) is 5.23. The highest BCUT2D eigenvalue weighted by Gasteiger charge is 2.28. The normalized spacial score (nSPS) is 13.9. The summed E-state index contributed by atoms with van der Waals surface area (Å²) in [7, 11) is -3.99. The zero-order valence-electron chi connectivity index (χ0n) is 20.5. The number of hydrazone groups is 1. The van der Waals surface area contributed by atoms with Crippen LogP contribution < -0.4 is 14.5 Å². The topological polar surface area (TPSA) is 88.1 Å².